The summed E-state index contributed by atoms with van der Waals surface area (Å²) in [5.74, 6) is -1.30. The standard InChI is InChI=1S/C16H17N3O3/c20-15(21)12-7-8-19(10-12)16(22)17-9-13-6-5-11-3-1-2-4-14(11)18-13/h1-6,12H,7-10H2,(H,17,22)(H,20,21). The summed E-state index contributed by atoms with van der Waals surface area (Å²) in [5, 5.41) is 12.8. The Labute approximate surface area is 127 Å². The lowest BCUT2D eigenvalue weighted by molar-refractivity contribution is -0.141. The lowest BCUT2D eigenvalue weighted by atomic mass is 10.1. The molecule has 1 aliphatic heterocycles. The molecule has 0 radical (unpaired) electrons. The molecule has 2 heterocycles. The minimum Gasteiger partial charge on any atom is -0.481 e. The predicted molar refractivity (Wildman–Crippen MR) is 81.3 cm³/mol. The molecule has 114 valence electrons. The van der Waals surface area contributed by atoms with Crippen LogP contribution < -0.4 is 5.32 Å². The number of carbonyl (C=O) groups excluding carboxylic acids is 1. The number of amides is 2. The molecule has 6 heteroatoms. The number of carboxylic acids is 1. The highest BCUT2D eigenvalue weighted by Crippen LogP contribution is 2.16. The number of nitrogens with zero attached hydrogens (tertiary/aromatic N) is 2. The normalized spacial score (nSPS) is 17.6. The van der Waals surface area contributed by atoms with Crippen LogP contribution in [-0.4, -0.2) is 40.1 Å². The largest absolute Gasteiger partial charge is 0.481 e. The fourth-order valence-electron chi connectivity index (χ4n) is 2.63. The molecule has 2 aromatic rings. The molecule has 1 aromatic heterocycles. The number of carbonyl (C=O) groups is 2. The van der Waals surface area contributed by atoms with Crippen LogP contribution in [0.3, 0.4) is 0 Å². The highest BCUT2D eigenvalue weighted by Gasteiger charge is 2.30. The number of likely N-dealkylation sites (tertiary alicyclic amines) is 1. The van der Waals surface area contributed by atoms with Crippen LogP contribution in [0.15, 0.2) is 36.4 Å². The van der Waals surface area contributed by atoms with Crippen molar-refractivity contribution in [3.8, 4) is 0 Å². The highest BCUT2D eigenvalue weighted by molar-refractivity contribution is 5.79. The van der Waals surface area contributed by atoms with Crippen LogP contribution in [0.2, 0.25) is 0 Å². The lowest BCUT2D eigenvalue weighted by Crippen LogP contribution is -2.38. The molecule has 0 aliphatic carbocycles. The maximum atomic E-state index is 12.0. The van der Waals surface area contributed by atoms with E-state index in [-0.39, 0.29) is 12.6 Å². The fraction of sp³-hybridized carbons (Fsp3) is 0.312. The van der Waals surface area contributed by atoms with Gasteiger partial charge in [0.25, 0.3) is 0 Å². The zero-order valence-electron chi connectivity index (χ0n) is 12.0. The van der Waals surface area contributed by atoms with Gasteiger partial charge in [-0.05, 0) is 18.6 Å². The Morgan fingerprint density at radius 3 is 2.86 bits per heavy atom. The van der Waals surface area contributed by atoms with E-state index in [1.165, 1.54) is 0 Å². The molecule has 3 rings (SSSR count). The van der Waals surface area contributed by atoms with Crippen molar-refractivity contribution >= 4 is 22.9 Å². The van der Waals surface area contributed by atoms with Gasteiger partial charge in [0.05, 0.1) is 23.7 Å². The third-order valence-corrected chi connectivity index (χ3v) is 3.90. The molecule has 1 aromatic carbocycles. The number of aliphatic carboxylic acids is 1. The Hall–Kier alpha value is -2.63. The molecule has 1 atom stereocenters. The second-order valence-electron chi connectivity index (χ2n) is 5.42. The van der Waals surface area contributed by atoms with E-state index in [9.17, 15) is 9.59 Å². The van der Waals surface area contributed by atoms with Gasteiger partial charge < -0.3 is 15.3 Å². The molecule has 1 fully saturated rings. The van der Waals surface area contributed by atoms with E-state index in [1.807, 2.05) is 36.4 Å². The Kier molecular flexibility index (Phi) is 3.91. The summed E-state index contributed by atoms with van der Waals surface area (Å²) in [6, 6.07) is 11.4. The number of nitrogens with one attached hydrogen (secondary N) is 1. The van der Waals surface area contributed by atoms with Crippen molar-refractivity contribution < 1.29 is 14.7 Å². The molecular formula is C16H17N3O3. The smallest absolute Gasteiger partial charge is 0.317 e. The van der Waals surface area contributed by atoms with E-state index in [0.29, 0.717) is 19.5 Å². The number of rotatable bonds is 3. The number of urea groups is 1. The van der Waals surface area contributed by atoms with Crippen LogP contribution in [0.1, 0.15) is 12.1 Å². The van der Waals surface area contributed by atoms with Crippen molar-refractivity contribution in [2.45, 2.75) is 13.0 Å². The molecule has 0 bridgehead atoms. The molecule has 1 unspecified atom stereocenters. The zero-order valence-corrected chi connectivity index (χ0v) is 12.0. The number of fused-ring (bicyclic) bond motifs is 1. The van der Waals surface area contributed by atoms with Gasteiger partial charge in [0.2, 0.25) is 0 Å². The van der Waals surface area contributed by atoms with Gasteiger partial charge in [-0.3, -0.25) is 9.78 Å². The van der Waals surface area contributed by atoms with Gasteiger partial charge in [0.1, 0.15) is 0 Å². The SMILES string of the molecule is O=C(O)C1CCN(C(=O)NCc2ccc3ccccc3n2)C1. The number of carboxylic acid groups (broad SMARTS) is 1. The Balaban J connectivity index is 1.59. The average molecular weight is 299 g/mol. The predicted octanol–water partition coefficient (Wildman–Crippen LogP) is 1.85. The number of hydrogen-bond acceptors (Lipinski definition) is 3. The van der Waals surface area contributed by atoms with E-state index in [4.69, 9.17) is 5.11 Å². The molecule has 0 spiro atoms. The third-order valence-electron chi connectivity index (χ3n) is 3.90. The Morgan fingerprint density at radius 2 is 2.09 bits per heavy atom. The van der Waals surface area contributed by atoms with Gasteiger partial charge in [-0.1, -0.05) is 24.3 Å². The summed E-state index contributed by atoms with van der Waals surface area (Å²) in [6.45, 7) is 1.08. The topological polar surface area (TPSA) is 82.5 Å². The summed E-state index contributed by atoms with van der Waals surface area (Å²) in [6.07, 6.45) is 0.511. The second-order valence-corrected chi connectivity index (χ2v) is 5.42. The quantitative estimate of drug-likeness (QED) is 0.906. The second kappa shape index (κ2) is 6.01. The van der Waals surface area contributed by atoms with Crippen molar-refractivity contribution in [3.63, 3.8) is 0 Å². The monoisotopic (exact) mass is 299 g/mol. The van der Waals surface area contributed by atoms with Crippen LogP contribution in [-0.2, 0) is 11.3 Å². The van der Waals surface area contributed by atoms with Crippen LogP contribution in [0.4, 0.5) is 4.79 Å². The number of benzene rings is 1. The molecule has 1 saturated heterocycles. The van der Waals surface area contributed by atoms with E-state index in [1.54, 1.807) is 4.90 Å². The minimum absolute atomic E-state index is 0.237. The molecule has 0 saturated carbocycles. The third kappa shape index (κ3) is 3.00. The van der Waals surface area contributed by atoms with E-state index >= 15 is 0 Å². The number of para-hydroxylation sites is 1. The van der Waals surface area contributed by atoms with Crippen LogP contribution in [0.25, 0.3) is 10.9 Å². The summed E-state index contributed by atoms with van der Waals surface area (Å²) in [7, 11) is 0. The van der Waals surface area contributed by atoms with Crippen molar-refractivity contribution in [1.29, 1.82) is 0 Å². The average Bonchev–Trinajstić information content (AvgIpc) is 3.03. The molecule has 6 nitrogen and oxygen atoms in total. The van der Waals surface area contributed by atoms with Gasteiger partial charge >= 0.3 is 12.0 Å². The fourth-order valence-corrected chi connectivity index (χ4v) is 2.63. The van der Waals surface area contributed by atoms with E-state index < -0.39 is 11.9 Å². The minimum atomic E-state index is -0.841. The first-order valence-electron chi connectivity index (χ1n) is 7.24. The van der Waals surface area contributed by atoms with Crippen molar-refractivity contribution in [3.05, 3.63) is 42.1 Å². The van der Waals surface area contributed by atoms with Crippen molar-refractivity contribution in [2.75, 3.05) is 13.1 Å². The maximum absolute atomic E-state index is 12.0. The zero-order chi connectivity index (χ0) is 15.5. The number of pyridine rings is 1. The van der Waals surface area contributed by atoms with Gasteiger partial charge in [0, 0.05) is 18.5 Å². The maximum Gasteiger partial charge on any atom is 0.317 e. The van der Waals surface area contributed by atoms with Gasteiger partial charge in [0.15, 0.2) is 0 Å². The van der Waals surface area contributed by atoms with Gasteiger partial charge in [-0.25, -0.2) is 4.79 Å². The van der Waals surface area contributed by atoms with E-state index in [0.717, 1.165) is 16.6 Å². The summed E-state index contributed by atoms with van der Waals surface area (Å²) >= 11 is 0. The molecule has 1 aliphatic rings. The summed E-state index contributed by atoms with van der Waals surface area (Å²) < 4.78 is 0. The highest BCUT2D eigenvalue weighted by atomic mass is 16.4. The molecule has 22 heavy (non-hydrogen) atoms. The summed E-state index contributed by atoms with van der Waals surface area (Å²) in [5.41, 5.74) is 1.67. The summed E-state index contributed by atoms with van der Waals surface area (Å²) in [4.78, 5) is 29.0. The molecular weight excluding hydrogens is 282 g/mol. The number of hydrogen-bond donors (Lipinski definition) is 2. The lowest BCUT2D eigenvalue weighted by Gasteiger charge is -2.16. The Bertz CT molecular complexity index is 717. The van der Waals surface area contributed by atoms with Gasteiger partial charge in [-0.2, -0.15) is 0 Å². The van der Waals surface area contributed by atoms with Crippen LogP contribution in [0.5, 0.6) is 0 Å². The van der Waals surface area contributed by atoms with Crippen molar-refractivity contribution in [1.82, 2.24) is 15.2 Å². The Morgan fingerprint density at radius 1 is 1.27 bits per heavy atom. The van der Waals surface area contributed by atoms with Crippen LogP contribution in [0, 0.1) is 5.92 Å². The first-order valence-corrected chi connectivity index (χ1v) is 7.24. The van der Waals surface area contributed by atoms with E-state index in [2.05, 4.69) is 10.3 Å². The van der Waals surface area contributed by atoms with Crippen LogP contribution >= 0.6 is 0 Å². The molecule has 2 amide bonds. The first-order chi connectivity index (χ1) is 10.6. The molecule has 2 N–H and O–H groups in total. The van der Waals surface area contributed by atoms with Gasteiger partial charge in [-0.15, -0.1) is 0 Å². The number of aromatic nitrogens is 1. The first kappa shape index (κ1) is 14.3. The van der Waals surface area contributed by atoms with Crippen molar-refractivity contribution in [2.24, 2.45) is 5.92 Å².